The van der Waals surface area contributed by atoms with E-state index in [4.69, 9.17) is 0 Å². The molecule has 0 aliphatic heterocycles. The van der Waals surface area contributed by atoms with E-state index in [0.29, 0.717) is 17.8 Å². The van der Waals surface area contributed by atoms with Gasteiger partial charge in [-0.25, -0.2) is 0 Å². The summed E-state index contributed by atoms with van der Waals surface area (Å²) >= 11 is 0. The number of hydrogen-bond donors (Lipinski definition) is 0. The van der Waals surface area contributed by atoms with Crippen LogP contribution in [0.15, 0.2) is 17.1 Å². The van der Waals surface area contributed by atoms with Crippen LogP contribution in [0.4, 0.5) is 0 Å². The molecule has 72 valence electrons. The number of hydrogen-bond acceptors (Lipinski definition) is 2. The van der Waals surface area contributed by atoms with Gasteiger partial charge in [-0.1, -0.05) is 20.4 Å². The summed E-state index contributed by atoms with van der Waals surface area (Å²) in [7, 11) is 0. The number of rotatable bonds is 1. The lowest BCUT2D eigenvalue weighted by Gasteiger charge is -2.30. The van der Waals surface area contributed by atoms with Gasteiger partial charge in [0.2, 0.25) is 5.78 Å². The monoisotopic (exact) mass is 179 g/mol. The highest BCUT2D eigenvalue weighted by molar-refractivity contribution is 6.46. The third-order valence-electron chi connectivity index (χ3n) is 2.27. The van der Waals surface area contributed by atoms with Gasteiger partial charge in [-0.2, -0.15) is 0 Å². The summed E-state index contributed by atoms with van der Waals surface area (Å²) < 4.78 is 0. The summed E-state index contributed by atoms with van der Waals surface area (Å²) in [6.07, 6.45) is 1.59. The Morgan fingerprint density at radius 1 is 1.46 bits per heavy atom. The van der Waals surface area contributed by atoms with Gasteiger partial charge in [0.05, 0.1) is 5.71 Å². The first kappa shape index (κ1) is 10.2. The van der Waals surface area contributed by atoms with E-state index in [0.717, 1.165) is 12.8 Å². The summed E-state index contributed by atoms with van der Waals surface area (Å²) in [5.41, 5.74) is 1.58. The largest absolute Gasteiger partial charge is 0.288 e. The molecular formula is C11H17NO. The van der Waals surface area contributed by atoms with Crippen LogP contribution in [0.25, 0.3) is 0 Å². The van der Waals surface area contributed by atoms with E-state index in [9.17, 15) is 4.79 Å². The van der Waals surface area contributed by atoms with Gasteiger partial charge >= 0.3 is 0 Å². The van der Waals surface area contributed by atoms with Gasteiger partial charge < -0.3 is 0 Å². The van der Waals surface area contributed by atoms with Crippen molar-refractivity contribution in [3.8, 4) is 0 Å². The molecule has 0 bridgehead atoms. The minimum atomic E-state index is 0.0705. The molecule has 2 heteroatoms. The predicted octanol–water partition coefficient (Wildman–Crippen LogP) is 2.39. The number of Topliss-reactive ketones (excluding diaryl/α,β-unsaturated/α-hetero) is 1. The van der Waals surface area contributed by atoms with Gasteiger partial charge in [0, 0.05) is 6.54 Å². The maximum atomic E-state index is 11.6. The minimum Gasteiger partial charge on any atom is -0.288 e. The van der Waals surface area contributed by atoms with Gasteiger partial charge in [-0.3, -0.25) is 9.79 Å². The topological polar surface area (TPSA) is 29.4 Å². The lowest BCUT2D eigenvalue weighted by Crippen LogP contribution is -2.32. The third kappa shape index (κ3) is 2.27. The molecule has 2 nitrogen and oxygen atoms in total. The first-order valence-corrected chi connectivity index (χ1v) is 4.72. The smallest absolute Gasteiger partial charge is 0.202 e. The number of ketones is 1. The Hall–Kier alpha value is -0.920. The second-order valence-corrected chi connectivity index (χ2v) is 4.37. The van der Waals surface area contributed by atoms with Gasteiger partial charge in [-0.15, -0.1) is 0 Å². The van der Waals surface area contributed by atoms with E-state index in [2.05, 4.69) is 25.4 Å². The summed E-state index contributed by atoms with van der Waals surface area (Å²) in [6.45, 7) is 10.7. The van der Waals surface area contributed by atoms with Crippen molar-refractivity contribution in [2.45, 2.75) is 33.6 Å². The van der Waals surface area contributed by atoms with E-state index in [1.807, 2.05) is 6.92 Å². The molecule has 13 heavy (non-hydrogen) atoms. The van der Waals surface area contributed by atoms with Crippen molar-refractivity contribution in [3.05, 3.63) is 12.2 Å². The Balaban J connectivity index is 2.91. The van der Waals surface area contributed by atoms with Crippen LogP contribution in [0.2, 0.25) is 0 Å². The molecule has 1 fully saturated rings. The van der Waals surface area contributed by atoms with Gasteiger partial charge in [-0.05, 0) is 30.8 Å². The fourth-order valence-corrected chi connectivity index (χ4v) is 1.78. The highest BCUT2D eigenvalue weighted by Gasteiger charge is 2.32. The Morgan fingerprint density at radius 3 is 2.62 bits per heavy atom. The Labute approximate surface area is 79.8 Å². The average Bonchev–Trinajstić information content (AvgIpc) is 1.99. The Kier molecular flexibility index (Phi) is 2.69. The van der Waals surface area contributed by atoms with E-state index >= 15 is 0 Å². The molecule has 0 amide bonds. The van der Waals surface area contributed by atoms with Gasteiger partial charge in [0.25, 0.3) is 0 Å². The molecule has 0 unspecified atom stereocenters. The third-order valence-corrected chi connectivity index (χ3v) is 2.27. The van der Waals surface area contributed by atoms with Gasteiger partial charge in [0.1, 0.15) is 0 Å². The van der Waals surface area contributed by atoms with Crippen molar-refractivity contribution in [2.75, 3.05) is 6.54 Å². The van der Waals surface area contributed by atoms with Crippen molar-refractivity contribution in [3.63, 3.8) is 0 Å². The second kappa shape index (κ2) is 3.44. The lowest BCUT2D eigenvalue weighted by molar-refractivity contribution is -0.110. The molecule has 0 N–H and O–H groups in total. The molecule has 0 heterocycles. The van der Waals surface area contributed by atoms with E-state index in [1.54, 1.807) is 0 Å². The molecule has 0 atom stereocenters. The van der Waals surface area contributed by atoms with Crippen molar-refractivity contribution < 1.29 is 4.79 Å². The van der Waals surface area contributed by atoms with Crippen LogP contribution in [-0.4, -0.2) is 18.0 Å². The van der Waals surface area contributed by atoms with Crippen LogP contribution in [-0.2, 0) is 4.79 Å². The van der Waals surface area contributed by atoms with Crippen LogP contribution in [0, 0.1) is 5.41 Å². The maximum absolute atomic E-state index is 11.6. The highest BCUT2D eigenvalue weighted by Crippen LogP contribution is 2.34. The van der Waals surface area contributed by atoms with E-state index in [-0.39, 0.29) is 11.2 Å². The molecule has 0 aromatic carbocycles. The Bertz CT molecular complexity index is 274. The number of carbonyl (C=O) groups is 1. The second-order valence-electron chi connectivity index (χ2n) is 4.37. The first-order valence-electron chi connectivity index (χ1n) is 4.72. The van der Waals surface area contributed by atoms with E-state index in [1.165, 1.54) is 0 Å². The zero-order chi connectivity index (χ0) is 10.1. The first-order chi connectivity index (χ1) is 5.96. The van der Waals surface area contributed by atoms with Crippen molar-refractivity contribution in [1.29, 1.82) is 0 Å². The minimum absolute atomic E-state index is 0.0705. The SMILES string of the molecule is C=C1CC(C)(C)CC(=NCC)C1=O. The van der Waals surface area contributed by atoms with Crippen molar-refractivity contribution >= 4 is 11.5 Å². The normalized spacial score (nSPS) is 25.3. The molecular weight excluding hydrogens is 162 g/mol. The molecule has 1 aliphatic carbocycles. The molecule has 0 radical (unpaired) electrons. The Morgan fingerprint density at radius 2 is 2.08 bits per heavy atom. The summed E-state index contributed by atoms with van der Waals surface area (Å²) in [5, 5.41) is 0. The highest BCUT2D eigenvalue weighted by atomic mass is 16.1. The molecule has 1 aliphatic rings. The van der Waals surface area contributed by atoms with Crippen LogP contribution in [0.3, 0.4) is 0 Å². The predicted molar refractivity (Wildman–Crippen MR) is 55.1 cm³/mol. The maximum Gasteiger partial charge on any atom is 0.202 e. The molecule has 0 saturated heterocycles. The fourth-order valence-electron chi connectivity index (χ4n) is 1.78. The molecule has 0 aromatic heterocycles. The lowest BCUT2D eigenvalue weighted by atomic mass is 9.74. The van der Waals surface area contributed by atoms with Gasteiger partial charge in [0.15, 0.2) is 0 Å². The molecule has 1 rings (SSSR count). The number of aliphatic imine (C=N–C) groups is 1. The molecule has 0 aromatic rings. The van der Waals surface area contributed by atoms with E-state index < -0.39 is 0 Å². The number of allylic oxidation sites excluding steroid dienone is 1. The zero-order valence-electron chi connectivity index (χ0n) is 8.68. The average molecular weight is 179 g/mol. The van der Waals surface area contributed by atoms with Crippen LogP contribution in [0.5, 0.6) is 0 Å². The number of nitrogens with zero attached hydrogens (tertiary/aromatic N) is 1. The molecule has 1 saturated carbocycles. The van der Waals surface area contributed by atoms with Crippen molar-refractivity contribution in [2.24, 2.45) is 10.4 Å². The summed E-state index contributed by atoms with van der Waals surface area (Å²) in [5.74, 6) is 0.0705. The number of carbonyl (C=O) groups excluding carboxylic acids is 1. The fraction of sp³-hybridized carbons (Fsp3) is 0.636. The van der Waals surface area contributed by atoms with Crippen molar-refractivity contribution in [1.82, 2.24) is 0 Å². The van der Waals surface area contributed by atoms with Crippen LogP contribution < -0.4 is 0 Å². The summed E-state index contributed by atoms with van der Waals surface area (Å²) in [4.78, 5) is 15.8. The summed E-state index contributed by atoms with van der Waals surface area (Å²) in [6, 6.07) is 0. The van der Waals surface area contributed by atoms with Crippen LogP contribution >= 0.6 is 0 Å². The zero-order valence-corrected chi connectivity index (χ0v) is 8.68. The van der Waals surface area contributed by atoms with Crippen LogP contribution in [0.1, 0.15) is 33.6 Å². The standard InChI is InChI=1S/C11H17NO/c1-5-12-9-7-11(3,4)6-8(2)10(9)13/h2,5-7H2,1,3-4H3. The quantitative estimate of drug-likeness (QED) is 0.568. The molecule has 0 spiro atoms.